The highest BCUT2D eigenvalue weighted by Gasteiger charge is 2.28. The average molecular weight is 536 g/mol. The van der Waals surface area contributed by atoms with Crippen LogP contribution in [0, 0.1) is 20.8 Å². The predicted molar refractivity (Wildman–Crippen MR) is 151 cm³/mol. The van der Waals surface area contributed by atoms with Gasteiger partial charge in [-0.3, -0.25) is 9.10 Å². The van der Waals surface area contributed by atoms with Crippen molar-refractivity contribution >= 4 is 27.8 Å². The van der Waals surface area contributed by atoms with Crippen molar-refractivity contribution in [2.24, 2.45) is 5.10 Å². The number of nitrogens with one attached hydrogen (secondary N) is 1. The van der Waals surface area contributed by atoms with E-state index in [0.717, 1.165) is 21.0 Å². The number of hydrogen-bond acceptors (Lipinski definition) is 6. The van der Waals surface area contributed by atoms with Gasteiger partial charge < -0.3 is 9.47 Å². The first-order valence-electron chi connectivity index (χ1n) is 12.1. The second-order valence-electron chi connectivity index (χ2n) is 8.65. The van der Waals surface area contributed by atoms with Crippen LogP contribution in [0.2, 0.25) is 0 Å². The third-order valence-corrected chi connectivity index (χ3v) is 7.33. The molecule has 0 saturated carbocycles. The zero-order valence-electron chi connectivity index (χ0n) is 22.1. The number of carbonyl (C=O) groups is 1. The molecule has 1 N–H and O–H groups in total. The van der Waals surface area contributed by atoms with Crippen molar-refractivity contribution in [3.8, 4) is 11.5 Å². The topological polar surface area (TPSA) is 97.3 Å². The summed E-state index contributed by atoms with van der Waals surface area (Å²) in [7, 11) is -4.02. The second-order valence-corrected chi connectivity index (χ2v) is 10.5. The molecular weight excluding hydrogens is 502 g/mol. The lowest BCUT2D eigenvalue weighted by Gasteiger charge is -2.25. The molecule has 1 amide bonds. The molecule has 0 saturated heterocycles. The van der Waals surface area contributed by atoms with Gasteiger partial charge in [0.2, 0.25) is 0 Å². The Bertz CT molecular complexity index is 1420. The molecule has 0 aliphatic heterocycles. The fourth-order valence-electron chi connectivity index (χ4n) is 3.61. The number of amides is 1. The van der Waals surface area contributed by atoms with E-state index < -0.39 is 22.5 Å². The molecule has 0 spiro atoms. The lowest BCUT2D eigenvalue weighted by Crippen LogP contribution is -2.40. The molecule has 0 aliphatic rings. The van der Waals surface area contributed by atoms with E-state index in [4.69, 9.17) is 9.47 Å². The summed E-state index contributed by atoms with van der Waals surface area (Å²) in [6.45, 7) is 11.4. The molecule has 3 aromatic rings. The Morgan fingerprint density at radius 3 is 2.37 bits per heavy atom. The van der Waals surface area contributed by atoms with E-state index in [9.17, 15) is 13.2 Å². The van der Waals surface area contributed by atoms with Gasteiger partial charge in [-0.2, -0.15) is 5.10 Å². The number of carbonyl (C=O) groups excluding carboxylic acids is 1. The Balaban J connectivity index is 1.83. The van der Waals surface area contributed by atoms with Crippen molar-refractivity contribution in [3.05, 3.63) is 95.6 Å². The molecule has 0 radical (unpaired) electrons. The van der Waals surface area contributed by atoms with Crippen LogP contribution in [0.5, 0.6) is 11.5 Å². The number of nitrogens with zero attached hydrogens (tertiary/aromatic N) is 2. The molecule has 3 aromatic carbocycles. The van der Waals surface area contributed by atoms with Crippen molar-refractivity contribution in [2.75, 3.05) is 24.1 Å². The number of rotatable bonds is 12. The molecule has 9 heteroatoms. The molecule has 0 aliphatic carbocycles. The fourth-order valence-corrected chi connectivity index (χ4v) is 5.09. The van der Waals surface area contributed by atoms with Crippen LogP contribution >= 0.6 is 0 Å². The van der Waals surface area contributed by atoms with Crippen LogP contribution < -0.4 is 19.2 Å². The van der Waals surface area contributed by atoms with Gasteiger partial charge in [-0.25, -0.2) is 13.8 Å². The maximum atomic E-state index is 13.6. The number of hydrogen-bond donors (Lipinski definition) is 1. The summed E-state index contributed by atoms with van der Waals surface area (Å²) < 4.78 is 39.6. The minimum absolute atomic E-state index is 0.0996. The van der Waals surface area contributed by atoms with Crippen LogP contribution in [-0.2, 0) is 14.8 Å². The first-order chi connectivity index (χ1) is 18.1. The summed E-state index contributed by atoms with van der Waals surface area (Å²) in [5, 5.41) is 4.03. The van der Waals surface area contributed by atoms with Crippen LogP contribution in [0.15, 0.2) is 83.3 Å². The van der Waals surface area contributed by atoms with E-state index in [2.05, 4.69) is 17.1 Å². The van der Waals surface area contributed by atoms with Gasteiger partial charge in [0.1, 0.15) is 13.2 Å². The lowest BCUT2D eigenvalue weighted by molar-refractivity contribution is -0.119. The van der Waals surface area contributed by atoms with Crippen molar-refractivity contribution in [1.29, 1.82) is 0 Å². The minimum Gasteiger partial charge on any atom is -0.490 e. The number of sulfonamides is 1. The number of aryl methyl sites for hydroxylation is 3. The highest BCUT2D eigenvalue weighted by molar-refractivity contribution is 7.92. The lowest BCUT2D eigenvalue weighted by atomic mass is 10.1. The molecule has 200 valence electrons. The Hall–Kier alpha value is -4.11. The fraction of sp³-hybridized carbons (Fsp3) is 0.241. The molecule has 0 heterocycles. The van der Waals surface area contributed by atoms with Gasteiger partial charge in [-0.05, 0) is 80.8 Å². The summed E-state index contributed by atoms with van der Waals surface area (Å²) in [4.78, 5) is 13.0. The number of benzene rings is 3. The first kappa shape index (κ1) is 28.5. The highest BCUT2D eigenvalue weighted by Crippen LogP contribution is 2.29. The Labute approximate surface area is 224 Å². The molecule has 8 nitrogen and oxygen atoms in total. The van der Waals surface area contributed by atoms with Gasteiger partial charge >= 0.3 is 0 Å². The van der Waals surface area contributed by atoms with Crippen molar-refractivity contribution in [1.82, 2.24) is 5.43 Å². The van der Waals surface area contributed by atoms with E-state index in [1.807, 2.05) is 32.9 Å². The van der Waals surface area contributed by atoms with E-state index in [0.29, 0.717) is 36.0 Å². The van der Waals surface area contributed by atoms with Gasteiger partial charge in [0.05, 0.1) is 23.4 Å². The van der Waals surface area contributed by atoms with Crippen molar-refractivity contribution in [2.45, 2.75) is 32.6 Å². The molecule has 0 unspecified atom stereocenters. The third kappa shape index (κ3) is 7.23. The Kier molecular flexibility index (Phi) is 9.67. The van der Waals surface area contributed by atoms with E-state index >= 15 is 0 Å². The SMILES string of the molecule is C=CCOc1ccc(/C=N\NC(=O)CN(c2cc(C)ccc2C)S(=O)(=O)c2ccc(C)cc2)cc1OCC. The van der Waals surface area contributed by atoms with Gasteiger partial charge in [0.25, 0.3) is 15.9 Å². The summed E-state index contributed by atoms with van der Waals surface area (Å²) >= 11 is 0. The molecule has 3 rings (SSSR count). The molecule has 0 bridgehead atoms. The number of anilines is 1. The predicted octanol–water partition coefficient (Wildman–Crippen LogP) is 4.92. The largest absolute Gasteiger partial charge is 0.490 e. The standard InChI is InChI=1S/C29H33N3O5S/c1-6-16-37-27-15-12-24(18-28(27)36-7-2)19-30-31-29(33)20-32(26-17-22(4)8-11-23(26)5)38(34,35)25-13-9-21(3)10-14-25/h6,8-15,17-19H,1,7,16,20H2,2-5H3,(H,31,33)/b30-19-. The quantitative estimate of drug-likeness (QED) is 0.202. The van der Waals surface area contributed by atoms with Gasteiger partial charge in [-0.1, -0.05) is 42.5 Å². The normalized spacial score (nSPS) is 11.3. The van der Waals surface area contributed by atoms with Gasteiger partial charge in [0, 0.05) is 0 Å². The summed E-state index contributed by atoms with van der Waals surface area (Å²) in [5.74, 6) is 0.516. The van der Waals surface area contributed by atoms with Crippen molar-refractivity contribution in [3.63, 3.8) is 0 Å². The number of hydrazone groups is 1. The monoisotopic (exact) mass is 535 g/mol. The molecule has 38 heavy (non-hydrogen) atoms. The third-order valence-electron chi connectivity index (χ3n) is 5.56. The smallest absolute Gasteiger partial charge is 0.264 e. The molecule has 0 fully saturated rings. The number of ether oxygens (including phenoxy) is 2. The molecule has 0 atom stereocenters. The van der Waals surface area contributed by atoms with E-state index in [1.165, 1.54) is 18.3 Å². The summed E-state index contributed by atoms with van der Waals surface area (Å²) in [6.07, 6.45) is 3.09. The van der Waals surface area contributed by atoms with E-state index in [1.54, 1.807) is 49.4 Å². The second kappa shape index (κ2) is 12.9. The van der Waals surface area contributed by atoms with E-state index in [-0.39, 0.29) is 4.90 Å². The minimum atomic E-state index is -4.02. The van der Waals surface area contributed by atoms with Gasteiger partial charge in [-0.15, -0.1) is 0 Å². The van der Waals surface area contributed by atoms with Crippen molar-refractivity contribution < 1.29 is 22.7 Å². The molecular formula is C29H33N3O5S. The van der Waals surface area contributed by atoms with Gasteiger partial charge in [0.15, 0.2) is 11.5 Å². The zero-order chi connectivity index (χ0) is 27.7. The van der Waals surface area contributed by atoms with Crippen LogP contribution in [0.1, 0.15) is 29.2 Å². The zero-order valence-corrected chi connectivity index (χ0v) is 22.9. The Morgan fingerprint density at radius 2 is 1.68 bits per heavy atom. The maximum absolute atomic E-state index is 13.6. The maximum Gasteiger partial charge on any atom is 0.264 e. The highest BCUT2D eigenvalue weighted by atomic mass is 32.2. The Morgan fingerprint density at radius 1 is 0.974 bits per heavy atom. The van der Waals surface area contributed by atoms with Crippen LogP contribution in [0.3, 0.4) is 0 Å². The summed E-state index contributed by atoms with van der Waals surface area (Å²) in [6, 6.07) is 17.3. The van der Waals surface area contributed by atoms with Crippen LogP contribution in [0.25, 0.3) is 0 Å². The first-order valence-corrected chi connectivity index (χ1v) is 13.6. The average Bonchev–Trinajstić information content (AvgIpc) is 2.89. The molecule has 0 aromatic heterocycles. The van der Waals surface area contributed by atoms with Crippen LogP contribution in [-0.4, -0.2) is 40.3 Å². The summed E-state index contributed by atoms with van der Waals surface area (Å²) in [5.41, 5.74) is 6.07. The van der Waals surface area contributed by atoms with Crippen LogP contribution in [0.4, 0.5) is 5.69 Å².